The quantitative estimate of drug-likeness (QED) is 0.607. The van der Waals surface area contributed by atoms with E-state index in [9.17, 15) is 15.0 Å². The van der Waals surface area contributed by atoms with Crippen molar-refractivity contribution >= 4 is 5.78 Å². The topological polar surface area (TPSA) is 57.5 Å². The fourth-order valence-corrected chi connectivity index (χ4v) is 9.38. The SMILES string of the molecule is [2H]C([2H])(C[C@@H](C)[C@H]1CC[C@H]2[C@@H]3[C@H](O)[C@H](CC)[C@@H]4C[C@H](O)CC[C@]4(C)[C@H]3CC[C@]12C)C(C)=O. The lowest BCUT2D eigenvalue weighted by Gasteiger charge is -2.64. The third-order valence-corrected chi connectivity index (χ3v) is 10.8. The number of hydrogen-bond acceptors (Lipinski definition) is 3. The Hall–Kier alpha value is -0.410. The van der Waals surface area contributed by atoms with Gasteiger partial charge >= 0.3 is 0 Å². The lowest BCUT2D eigenvalue weighted by Crippen LogP contribution is -2.62. The van der Waals surface area contributed by atoms with Crippen molar-refractivity contribution in [3.63, 3.8) is 0 Å². The molecule has 0 heterocycles. The largest absolute Gasteiger partial charge is 0.393 e. The molecule has 0 saturated heterocycles. The summed E-state index contributed by atoms with van der Waals surface area (Å²) in [5.41, 5.74) is 0.324. The number of aliphatic hydroxyl groups is 2. The van der Waals surface area contributed by atoms with Gasteiger partial charge in [0.2, 0.25) is 0 Å². The number of carbonyl (C=O) groups is 1. The molecule has 0 aliphatic heterocycles. The van der Waals surface area contributed by atoms with Crippen molar-refractivity contribution in [2.75, 3.05) is 0 Å². The fourth-order valence-electron chi connectivity index (χ4n) is 9.38. The Balaban J connectivity index is 1.62. The smallest absolute Gasteiger partial charge is 0.129 e. The van der Waals surface area contributed by atoms with Gasteiger partial charge in [-0.15, -0.1) is 0 Å². The highest BCUT2D eigenvalue weighted by Gasteiger charge is 2.64. The van der Waals surface area contributed by atoms with Crippen LogP contribution in [-0.4, -0.2) is 28.2 Å². The maximum atomic E-state index is 11.8. The van der Waals surface area contributed by atoms with Crippen molar-refractivity contribution in [3.8, 4) is 0 Å². The van der Waals surface area contributed by atoms with Gasteiger partial charge in [-0.05, 0) is 111 Å². The normalized spacial score (nSPS) is 53.0. The van der Waals surface area contributed by atoms with E-state index in [0.29, 0.717) is 36.0 Å². The van der Waals surface area contributed by atoms with Gasteiger partial charge < -0.3 is 15.0 Å². The molecule has 0 amide bonds. The number of hydrogen-bond donors (Lipinski definition) is 2. The summed E-state index contributed by atoms with van der Waals surface area (Å²) in [5, 5.41) is 22.2. The van der Waals surface area contributed by atoms with Crippen LogP contribution in [0.5, 0.6) is 0 Å². The van der Waals surface area contributed by atoms with Crippen molar-refractivity contribution in [2.45, 2.75) is 111 Å². The van der Waals surface area contributed by atoms with Gasteiger partial charge in [-0.2, -0.15) is 0 Å². The highest BCUT2D eigenvalue weighted by atomic mass is 16.3. The van der Waals surface area contributed by atoms with Crippen LogP contribution in [0.25, 0.3) is 0 Å². The van der Waals surface area contributed by atoms with Gasteiger partial charge in [0.15, 0.2) is 0 Å². The van der Waals surface area contributed by atoms with Crippen LogP contribution in [0.2, 0.25) is 0 Å². The minimum atomic E-state index is -1.74. The van der Waals surface area contributed by atoms with E-state index in [2.05, 4.69) is 27.7 Å². The zero-order valence-corrected chi connectivity index (χ0v) is 19.9. The van der Waals surface area contributed by atoms with Crippen molar-refractivity contribution in [1.29, 1.82) is 0 Å². The standard InChI is InChI=1S/C27H46O3/c1-6-19-23-15-18(29)11-13-27(23,5)22-12-14-26(4)20(16(2)7-8-17(3)28)9-10-21(26)24(22)25(19)30/h16,18-25,29-30H,6-15H2,1-5H3/t16-,18-,19-,20-,21+,22+,23+,24+,25-,26-,27-/m1/s1/i8D2. The van der Waals surface area contributed by atoms with Crippen LogP contribution >= 0.6 is 0 Å². The van der Waals surface area contributed by atoms with Crippen molar-refractivity contribution in [1.82, 2.24) is 0 Å². The summed E-state index contributed by atoms with van der Waals surface area (Å²) in [5.74, 6) is 2.21. The Morgan fingerprint density at radius 1 is 1.07 bits per heavy atom. The van der Waals surface area contributed by atoms with Crippen LogP contribution in [0.15, 0.2) is 0 Å². The molecule has 4 rings (SSSR count). The molecule has 0 spiro atoms. The Morgan fingerprint density at radius 2 is 1.73 bits per heavy atom. The van der Waals surface area contributed by atoms with Gasteiger partial charge in [0.1, 0.15) is 5.78 Å². The molecule has 0 aromatic heterocycles. The van der Waals surface area contributed by atoms with Gasteiger partial charge in [-0.3, -0.25) is 0 Å². The maximum absolute atomic E-state index is 11.8. The molecule has 2 N–H and O–H groups in total. The molecule has 3 nitrogen and oxygen atoms in total. The number of Topliss-reactive ketones (excluding diaryl/α,β-unsaturated/α-hetero) is 1. The molecule has 4 aliphatic carbocycles. The van der Waals surface area contributed by atoms with Crippen LogP contribution < -0.4 is 0 Å². The third-order valence-electron chi connectivity index (χ3n) is 10.8. The predicted molar refractivity (Wildman–Crippen MR) is 121 cm³/mol. The zero-order valence-electron chi connectivity index (χ0n) is 21.9. The van der Waals surface area contributed by atoms with Crippen molar-refractivity contribution in [2.24, 2.45) is 52.3 Å². The third kappa shape index (κ3) is 3.41. The summed E-state index contributed by atoms with van der Waals surface area (Å²) in [6.45, 7) is 10.6. The molecule has 172 valence electrons. The number of carbonyl (C=O) groups excluding carboxylic acids is 1. The van der Waals surface area contributed by atoms with Gasteiger partial charge in [-0.1, -0.05) is 34.1 Å². The Labute approximate surface area is 187 Å². The molecular formula is C27H46O3. The Kier molecular flexibility index (Phi) is 5.51. The first-order valence-electron chi connectivity index (χ1n) is 13.7. The average Bonchev–Trinajstić information content (AvgIpc) is 3.06. The summed E-state index contributed by atoms with van der Waals surface area (Å²) in [6, 6.07) is 0. The first-order valence-corrected chi connectivity index (χ1v) is 12.7. The number of fused-ring (bicyclic) bond motifs is 5. The van der Waals surface area contributed by atoms with Crippen LogP contribution in [-0.2, 0) is 4.79 Å². The van der Waals surface area contributed by atoms with Gasteiger partial charge in [0.05, 0.1) is 12.2 Å². The minimum Gasteiger partial charge on any atom is -0.393 e. The first kappa shape index (κ1) is 20.2. The molecule has 4 fully saturated rings. The molecule has 0 unspecified atom stereocenters. The molecule has 4 aliphatic rings. The lowest BCUT2D eigenvalue weighted by molar-refractivity contribution is -0.203. The molecule has 0 bridgehead atoms. The van der Waals surface area contributed by atoms with Gasteiger partial charge in [0.25, 0.3) is 0 Å². The van der Waals surface area contributed by atoms with Gasteiger partial charge in [-0.25, -0.2) is 0 Å². The molecular weight excluding hydrogens is 372 g/mol. The van der Waals surface area contributed by atoms with E-state index in [1.165, 1.54) is 6.92 Å². The summed E-state index contributed by atoms with van der Waals surface area (Å²) in [4.78, 5) is 11.8. The first-order chi connectivity index (χ1) is 14.9. The van der Waals surface area contributed by atoms with E-state index in [0.717, 1.165) is 51.4 Å². The van der Waals surface area contributed by atoms with E-state index in [1.807, 2.05) is 0 Å². The molecule has 0 aromatic rings. The zero-order chi connectivity index (χ0) is 23.6. The summed E-state index contributed by atoms with van der Waals surface area (Å²) >= 11 is 0. The predicted octanol–water partition coefficient (Wildman–Crippen LogP) is 5.62. The van der Waals surface area contributed by atoms with E-state index >= 15 is 0 Å². The van der Waals surface area contributed by atoms with Crippen LogP contribution in [0.3, 0.4) is 0 Å². The summed E-state index contributed by atoms with van der Waals surface area (Å²) in [6.07, 6.45) is 6.32. The van der Waals surface area contributed by atoms with E-state index < -0.39 is 6.37 Å². The fraction of sp³-hybridized carbons (Fsp3) is 0.963. The number of ketones is 1. The summed E-state index contributed by atoms with van der Waals surface area (Å²) in [7, 11) is 0. The highest BCUT2D eigenvalue weighted by Crippen LogP contribution is 2.69. The molecule has 4 saturated carbocycles. The van der Waals surface area contributed by atoms with E-state index in [4.69, 9.17) is 2.74 Å². The molecule has 30 heavy (non-hydrogen) atoms. The maximum Gasteiger partial charge on any atom is 0.129 e. The second kappa shape index (κ2) is 8.18. The Morgan fingerprint density at radius 3 is 2.40 bits per heavy atom. The van der Waals surface area contributed by atoms with Crippen LogP contribution in [0, 0.1) is 52.3 Å². The highest BCUT2D eigenvalue weighted by molar-refractivity contribution is 5.75. The van der Waals surface area contributed by atoms with Crippen LogP contribution in [0.1, 0.15) is 102 Å². The average molecular weight is 421 g/mol. The van der Waals surface area contributed by atoms with Crippen molar-refractivity contribution < 1.29 is 17.7 Å². The molecule has 3 heteroatoms. The van der Waals surface area contributed by atoms with Crippen molar-refractivity contribution in [3.05, 3.63) is 0 Å². The molecule has 0 radical (unpaired) electrons. The molecule has 0 aromatic carbocycles. The Bertz CT molecular complexity index is 726. The number of aliphatic hydroxyl groups excluding tert-OH is 2. The van der Waals surface area contributed by atoms with E-state index in [1.54, 1.807) is 0 Å². The van der Waals surface area contributed by atoms with Crippen LogP contribution in [0.4, 0.5) is 0 Å². The minimum absolute atomic E-state index is 0.115. The lowest BCUT2D eigenvalue weighted by atomic mass is 9.41. The second-order valence-corrected chi connectivity index (χ2v) is 12.0. The van der Waals surface area contributed by atoms with Gasteiger partial charge in [0, 0.05) is 9.11 Å². The van der Waals surface area contributed by atoms with E-state index in [-0.39, 0.29) is 40.7 Å². The summed E-state index contributed by atoms with van der Waals surface area (Å²) < 4.78 is 16.4. The monoisotopic (exact) mass is 420 g/mol. The molecule has 11 atom stereocenters. The number of rotatable bonds is 5. The second-order valence-electron chi connectivity index (χ2n) is 12.0.